The lowest BCUT2D eigenvalue weighted by atomic mass is 9.68. The summed E-state index contributed by atoms with van der Waals surface area (Å²) in [7, 11) is 1.19. The molecular formula is C22H36O7. The van der Waals surface area contributed by atoms with Gasteiger partial charge in [0.25, 0.3) is 0 Å². The zero-order valence-electron chi connectivity index (χ0n) is 18.5. The molecule has 0 saturated heterocycles. The molecule has 2 aliphatic carbocycles. The lowest BCUT2D eigenvalue weighted by Crippen LogP contribution is -2.45. The molecule has 7 nitrogen and oxygen atoms in total. The number of carbonyl (C=O) groups is 3. The summed E-state index contributed by atoms with van der Waals surface area (Å²) in [6, 6.07) is 0. The van der Waals surface area contributed by atoms with Crippen LogP contribution in [0.1, 0.15) is 73.1 Å². The minimum absolute atomic E-state index is 0.0763. The minimum atomic E-state index is -1.52. The van der Waals surface area contributed by atoms with Gasteiger partial charge in [-0.3, -0.25) is 14.4 Å². The van der Waals surface area contributed by atoms with Crippen LogP contribution in [0.5, 0.6) is 0 Å². The van der Waals surface area contributed by atoms with Gasteiger partial charge in [0.15, 0.2) is 0 Å². The van der Waals surface area contributed by atoms with Crippen LogP contribution in [0.25, 0.3) is 0 Å². The molecule has 0 aliphatic heterocycles. The SMILES string of the molecule is CCC(CC(=O)OC1CC2CCC1(C)C2(C)C)(CC(C)(CO)C(=O)OC)C(=O)O. The highest BCUT2D eigenvalue weighted by Gasteiger charge is 2.63. The van der Waals surface area contributed by atoms with Gasteiger partial charge in [-0.1, -0.05) is 27.7 Å². The quantitative estimate of drug-likeness (QED) is 0.560. The number of rotatable bonds is 9. The first kappa shape index (κ1) is 23.6. The number of hydrogen-bond acceptors (Lipinski definition) is 6. The highest BCUT2D eigenvalue weighted by molar-refractivity contribution is 5.84. The van der Waals surface area contributed by atoms with Crippen molar-refractivity contribution in [3.63, 3.8) is 0 Å². The van der Waals surface area contributed by atoms with Crippen LogP contribution in [0.3, 0.4) is 0 Å². The van der Waals surface area contributed by atoms with Crippen molar-refractivity contribution in [3.05, 3.63) is 0 Å². The molecule has 0 radical (unpaired) electrons. The molecule has 0 spiro atoms. The van der Waals surface area contributed by atoms with Crippen molar-refractivity contribution in [1.82, 2.24) is 0 Å². The first-order chi connectivity index (χ1) is 13.3. The topological polar surface area (TPSA) is 110 Å². The second-order valence-electron chi connectivity index (χ2n) is 10.1. The number of hydrogen-bond donors (Lipinski definition) is 2. The van der Waals surface area contributed by atoms with Crippen molar-refractivity contribution >= 4 is 17.9 Å². The van der Waals surface area contributed by atoms with E-state index in [1.807, 2.05) is 0 Å². The van der Waals surface area contributed by atoms with Crippen LogP contribution < -0.4 is 0 Å². The maximum absolute atomic E-state index is 12.9. The van der Waals surface area contributed by atoms with Gasteiger partial charge in [0.1, 0.15) is 6.10 Å². The second kappa shape index (κ2) is 7.89. The third-order valence-electron chi connectivity index (χ3n) is 8.36. The Morgan fingerprint density at radius 3 is 2.21 bits per heavy atom. The number of carbonyl (C=O) groups excluding carboxylic acids is 2. The van der Waals surface area contributed by atoms with Gasteiger partial charge in [0, 0.05) is 5.41 Å². The fraction of sp³-hybridized carbons (Fsp3) is 0.864. The van der Waals surface area contributed by atoms with Gasteiger partial charge < -0.3 is 19.7 Å². The average molecular weight is 413 g/mol. The van der Waals surface area contributed by atoms with Crippen molar-refractivity contribution in [3.8, 4) is 0 Å². The van der Waals surface area contributed by atoms with E-state index in [4.69, 9.17) is 9.47 Å². The van der Waals surface area contributed by atoms with Gasteiger partial charge in [-0.25, -0.2) is 0 Å². The Labute approximate surface area is 173 Å². The second-order valence-corrected chi connectivity index (χ2v) is 10.1. The zero-order chi connectivity index (χ0) is 22.3. The number of carboxylic acids is 1. The molecule has 0 aromatic carbocycles. The zero-order valence-corrected chi connectivity index (χ0v) is 18.5. The van der Waals surface area contributed by atoms with Crippen molar-refractivity contribution in [2.24, 2.45) is 27.6 Å². The van der Waals surface area contributed by atoms with Crippen molar-refractivity contribution in [1.29, 1.82) is 0 Å². The largest absolute Gasteiger partial charge is 0.481 e. The number of fused-ring (bicyclic) bond motifs is 2. The van der Waals surface area contributed by atoms with Crippen LogP contribution >= 0.6 is 0 Å². The standard InChI is InChI=1S/C22H36O7/c1-7-22(17(25)26,12-20(4,13-23)18(27)28-6)11-16(24)29-15-10-14-8-9-21(15,5)19(14,2)3/h14-15,23H,7-13H2,1-6H3,(H,25,26). The Balaban J connectivity index is 2.19. The third kappa shape index (κ3) is 3.78. The molecule has 2 saturated carbocycles. The Kier molecular flexibility index (Phi) is 6.44. The van der Waals surface area contributed by atoms with Gasteiger partial charge in [-0.2, -0.15) is 0 Å². The highest BCUT2D eigenvalue weighted by atomic mass is 16.5. The van der Waals surface area contributed by atoms with Crippen molar-refractivity contribution < 1.29 is 34.1 Å². The highest BCUT2D eigenvalue weighted by Crippen LogP contribution is 2.66. The molecule has 166 valence electrons. The lowest BCUT2D eigenvalue weighted by Gasteiger charge is -2.39. The number of esters is 2. The first-order valence-corrected chi connectivity index (χ1v) is 10.4. The van der Waals surface area contributed by atoms with Gasteiger partial charge in [0.2, 0.25) is 0 Å². The maximum atomic E-state index is 12.9. The van der Waals surface area contributed by atoms with E-state index >= 15 is 0 Å². The van der Waals surface area contributed by atoms with E-state index in [9.17, 15) is 24.6 Å². The predicted octanol–water partition coefficient (Wildman–Crippen LogP) is 3.18. The van der Waals surface area contributed by atoms with Gasteiger partial charge >= 0.3 is 17.9 Å². The molecule has 2 N–H and O–H groups in total. The van der Waals surface area contributed by atoms with Crippen LogP contribution in [0.4, 0.5) is 0 Å². The summed E-state index contributed by atoms with van der Waals surface area (Å²) in [6.45, 7) is 9.14. The number of carboxylic acid groups (broad SMARTS) is 1. The Morgan fingerprint density at radius 2 is 1.83 bits per heavy atom. The minimum Gasteiger partial charge on any atom is -0.481 e. The van der Waals surface area contributed by atoms with Gasteiger partial charge in [-0.15, -0.1) is 0 Å². The van der Waals surface area contributed by atoms with Gasteiger partial charge in [0.05, 0.1) is 31.0 Å². The fourth-order valence-corrected chi connectivity index (χ4v) is 5.59. The molecular weight excluding hydrogens is 376 g/mol. The van der Waals surface area contributed by atoms with Crippen LogP contribution in [0.2, 0.25) is 0 Å². The van der Waals surface area contributed by atoms with Crippen LogP contribution in [-0.4, -0.2) is 47.9 Å². The van der Waals surface area contributed by atoms with Crippen LogP contribution in [0.15, 0.2) is 0 Å². The summed E-state index contributed by atoms with van der Waals surface area (Å²) in [5.74, 6) is -1.94. The molecule has 0 aromatic heterocycles. The molecule has 2 rings (SSSR count). The Bertz CT molecular complexity index is 672. The molecule has 0 amide bonds. The number of aliphatic hydroxyl groups excluding tert-OH is 1. The number of aliphatic carboxylic acids is 1. The first-order valence-electron chi connectivity index (χ1n) is 10.4. The summed E-state index contributed by atoms with van der Waals surface area (Å²) in [5, 5.41) is 19.7. The molecule has 7 heteroatoms. The molecule has 2 fully saturated rings. The van der Waals surface area contributed by atoms with E-state index in [0.29, 0.717) is 5.92 Å². The summed E-state index contributed by atoms with van der Waals surface area (Å²) < 4.78 is 10.6. The maximum Gasteiger partial charge on any atom is 0.313 e. The van der Waals surface area contributed by atoms with Crippen molar-refractivity contribution in [2.45, 2.75) is 79.2 Å². The fourth-order valence-electron chi connectivity index (χ4n) is 5.59. The normalized spacial score (nSPS) is 31.6. The molecule has 5 unspecified atom stereocenters. The molecule has 29 heavy (non-hydrogen) atoms. The van der Waals surface area contributed by atoms with E-state index in [1.54, 1.807) is 6.92 Å². The van der Waals surface area contributed by atoms with E-state index < -0.39 is 35.3 Å². The smallest absolute Gasteiger partial charge is 0.313 e. The van der Waals surface area contributed by atoms with E-state index in [2.05, 4.69) is 20.8 Å². The Morgan fingerprint density at radius 1 is 1.21 bits per heavy atom. The number of aliphatic hydroxyl groups is 1. The average Bonchev–Trinajstić information content (AvgIpc) is 2.99. The third-order valence-corrected chi connectivity index (χ3v) is 8.36. The van der Waals surface area contributed by atoms with Crippen LogP contribution in [0, 0.1) is 27.6 Å². The van der Waals surface area contributed by atoms with Gasteiger partial charge in [-0.05, 0) is 50.4 Å². The summed E-state index contributed by atoms with van der Waals surface area (Å²) in [6.07, 6.45) is 2.27. The van der Waals surface area contributed by atoms with E-state index in [1.165, 1.54) is 14.0 Å². The predicted molar refractivity (Wildman–Crippen MR) is 106 cm³/mol. The summed E-state index contributed by atoms with van der Waals surface area (Å²) >= 11 is 0. The Hall–Kier alpha value is -1.63. The van der Waals surface area contributed by atoms with Crippen molar-refractivity contribution in [2.75, 3.05) is 13.7 Å². The lowest BCUT2D eigenvalue weighted by molar-refractivity contribution is -0.172. The molecule has 0 heterocycles. The van der Waals surface area contributed by atoms with E-state index in [0.717, 1.165) is 19.3 Å². The number of methoxy groups -OCH3 is 1. The van der Waals surface area contributed by atoms with E-state index in [-0.39, 0.29) is 36.2 Å². The number of ether oxygens (including phenoxy) is 2. The summed E-state index contributed by atoms with van der Waals surface area (Å²) in [4.78, 5) is 37.2. The monoisotopic (exact) mass is 412 g/mol. The molecule has 2 bridgehead atoms. The molecule has 0 aromatic rings. The molecule has 5 atom stereocenters. The van der Waals surface area contributed by atoms with Crippen LogP contribution in [-0.2, 0) is 23.9 Å². The molecule has 2 aliphatic rings. The summed E-state index contributed by atoms with van der Waals surface area (Å²) in [5.41, 5.74) is -2.97.